The van der Waals surface area contributed by atoms with Crippen LogP contribution in [0.4, 0.5) is 10.2 Å². The molecule has 2 aromatic rings. The van der Waals surface area contributed by atoms with Crippen LogP contribution in [0.5, 0.6) is 11.6 Å². The molecular weight excluding hydrogens is 327 g/mol. The number of anilines is 1. The van der Waals surface area contributed by atoms with Gasteiger partial charge in [0, 0.05) is 12.6 Å². The smallest absolute Gasteiger partial charge is 0.238 e. The number of nitrogens with zero attached hydrogens (tertiary/aromatic N) is 3. The van der Waals surface area contributed by atoms with Crippen molar-refractivity contribution in [1.29, 1.82) is 5.26 Å². The highest BCUT2D eigenvalue weighted by atomic mass is 79.9. The van der Waals surface area contributed by atoms with Gasteiger partial charge >= 0.3 is 0 Å². The van der Waals surface area contributed by atoms with Gasteiger partial charge in [0.25, 0.3) is 0 Å². The zero-order valence-corrected chi connectivity index (χ0v) is 12.1. The summed E-state index contributed by atoms with van der Waals surface area (Å²) in [7, 11) is 0. The third kappa shape index (κ3) is 3.03. The van der Waals surface area contributed by atoms with E-state index in [-0.39, 0.29) is 17.2 Å². The second kappa shape index (κ2) is 6.30. The van der Waals surface area contributed by atoms with Gasteiger partial charge in [-0.3, -0.25) is 0 Å². The molecule has 1 N–H and O–H groups in total. The maximum atomic E-state index is 13.5. The Balaban J connectivity index is 2.28. The van der Waals surface area contributed by atoms with Crippen LogP contribution in [0.3, 0.4) is 0 Å². The van der Waals surface area contributed by atoms with E-state index in [4.69, 9.17) is 10.00 Å². The lowest BCUT2D eigenvalue weighted by Gasteiger charge is -2.10. The minimum Gasteiger partial charge on any atom is -0.438 e. The lowest BCUT2D eigenvalue weighted by Crippen LogP contribution is -2.02. The van der Waals surface area contributed by atoms with Crippen LogP contribution in [0.15, 0.2) is 29.0 Å². The first-order valence-electron chi connectivity index (χ1n) is 5.77. The summed E-state index contributed by atoms with van der Waals surface area (Å²) < 4.78 is 19.5. The Morgan fingerprint density at radius 1 is 1.45 bits per heavy atom. The first kappa shape index (κ1) is 14.2. The molecule has 0 amide bonds. The third-order valence-corrected chi connectivity index (χ3v) is 3.09. The van der Waals surface area contributed by atoms with Crippen LogP contribution in [-0.2, 0) is 0 Å². The molecule has 0 aliphatic carbocycles. The number of ether oxygens (including phenoxy) is 1. The highest BCUT2D eigenvalue weighted by molar-refractivity contribution is 9.10. The van der Waals surface area contributed by atoms with Crippen LogP contribution in [-0.4, -0.2) is 16.5 Å². The molecule has 0 aliphatic rings. The molecule has 1 aromatic carbocycles. The van der Waals surface area contributed by atoms with Gasteiger partial charge in [-0.05, 0) is 35.0 Å². The molecule has 0 bridgehead atoms. The Bertz CT molecular complexity index is 672. The van der Waals surface area contributed by atoms with Crippen molar-refractivity contribution in [1.82, 2.24) is 9.97 Å². The van der Waals surface area contributed by atoms with E-state index in [1.807, 2.05) is 6.92 Å². The summed E-state index contributed by atoms with van der Waals surface area (Å²) in [6.07, 6.45) is 1.35. The maximum Gasteiger partial charge on any atom is 0.238 e. The Morgan fingerprint density at radius 3 is 2.90 bits per heavy atom. The maximum absolute atomic E-state index is 13.5. The highest BCUT2D eigenvalue weighted by Crippen LogP contribution is 2.32. The molecule has 0 atom stereocenters. The quantitative estimate of drug-likeness (QED) is 0.925. The molecule has 0 aliphatic heterocycles. The monoisotopic (exact) mass is 336 g/mol. The van der Waals surface area contributed by atoms with Crippen molar-refractivity contribution in [2.45, 2.75) is 6.92 Å². The zero-order valence-electron chi connectivity index (χ0n) is 10.5. The SMILES string of the molecule is CCNc1ncnc(Oc2ccc(C#N)c(F)c2)c1Br. The van der Waals surface area contributed by atoms with Crippen molar-refractivity contribution >= 4 is 21.7 Å². The van der Waals surface area contributed by atoms with Crippen LogP contribution in [0.2, 0.25) is 0 Å². The van der Waals surface area contributed by atoms with Gasteiger partial charge in [0.1, 0.15) is 34.3 Å². The number of halogens is 2. The number of benzene rings is 1. The predicted molar refractivity (Wildman–Crippen MR) is 75.1 cm³/mol. The summed E-state index contributed by atoms with van der Waals surface area (Å²) in [6.45, 7) is 2.63. The standard InChI is InChI=1S/C13H10BrFN4O/c1-2-17-12-11(14)13(19-7-18-12)20-9-4-3-8(6-16)10(15)5-9/h3-5,7H,2H2,1H3,(H,17,18,19). The second-order valence-corrected chi connectivity index (χ2v) is 4.52. The number of hydrogen-bond donors (Lipinski definition) is 1. The lowest BCUT2D eigenvalue weighted by molar-refractivity contribution is 0.453. The fourth-order valence-electron chi connectivity index (χ4n) is 1.48. The predicted octanol–water partition coefficient (Wildman–Crippen LogP) is 3.47. The van der Waals surface area contributed by atoms with Gasteiger partial charge < -0.3 is 10.1 Å². The first-order valence-corrected chi connectivity index (χ1v) is 6.57. The molecule has 0 saturated carbocycles. The molecule has 102 valence electrons. The van der Waals surface area contributed by atoms with Gasteiger partial charge in [-0.2, -0.15) is 5.26 Å². The van der Waals surface area contributed by atoms with E-state index < -0.39 is 5.82 Å². The normalized spacial score (nSPS) is 9.90. The van der Waals surface area contributed by atoms with E-state index in [2.05, 4.69) is 31.2 Å². The summed E-state index contributed by atoms with van der Waals surface area (Å²) in [5, 5.41) is 11.7. The van der Waals surface area contributed by atoms with Gasteiger partial charge in [0.2, 0.25) is 5.88 Å². The van der Waals surface area contributed by atoms with Gasteiger partial charge in [-0.1, -0.05) is 0 Å². The molecule has 20 heavy (non-hydrogen) atoms. The molecule has 0 saturated heterocycles. The summed E-state index contributed by atoms with van der Waals surface area (Å²) in [6, 6.07) is 5.74. The van der Waals surface area contributed by atoms with E-state index in [1.54, 1.807) is 6.07 Å². The summed E-state index contributed by atoms with van der Waals surface area (Å²) in [5.74, 6) is 0.470. The molecule has 1 heterocycles. The molecule has 1 aromatic heterocycles. The number of aromatic nitrogens is 2. The molecule has 0 fully saturated rings. The Hall–Kier alpha value is -2.20. The largest absolute Gasteiger partial charge is 0.438 e. The van der Waals surface area contributed by atoms with Crippen molar-refractivity contribution in [2.75, 3.05) is 11.9 Å². The fraction of sp³-hybridized carbons (Fsp3) is 0.154. The second-order valence-electron chi connectivity index (χ2n) is 3.73. The van der Waals surface area contributed by atoms with Gasteiger partial charge in [0.15, 0.2) is 0 Å². The van der Waals surface area contributed by atoms with Gasteiger partial charge in [0.05, 0.1) is 5.56 Å². The van der Waals surface area contributed by atoms with E-state index in [0.717, 1.165) is 6.07 Å². The summed E-state index contributed by atoms with van der Waals surface area (Å²) in [4.78, 5) is 8.03. The van der Waals surface area contributed by atoms with Crippen molar-refractivity contribution in [3.8, 4) is 17.7 Å². The fourth-order valence-corrected chi connectivity index (χ4v) is 1.90. The van der Waals surface area contributed by atoms with Crippen molar-refractivity contribution in [2.24, 2.45) is 0 Å². The average molecular weight is 337 g/mol. The van der Waals surface area contributed by atoms with Crippen LogP contribution in [0.1, 0.15) is 12.5 Å². The van der Waals surface area contributed by atoms with Crippen LogP contribution >= 0.6 is 15.9 Å². The lowest BCUT2D eigenvalue weighted by atomic mass is 10.2. The first-order chi connectivity index (χ1) is 9.65. The van der Waals surface area contributed by atoms with E-state index in [1.165, 1.54) is 18.5 Å². The molecule has 0 unspecified atom stereocenters. The minimum absolute atomic E-state index is 0.0348. The number of rotatable bonds is 4. The molecule has 0 spiro atoms. The Morgan fingerprint density at radius 2 is 2.25 bits per heavy atom. The van der Waals surface area contributed by atoms with Crippen LogP contribution in [0, 0.1) is 17.1 Å². The number of nitrogens with one attached hydrogen (secondary N) is 1. The molecule has 5 nitrogen and oxygen atoms in total. The molecular formula is C13H10BrFN4O. The summed E-state index contributed by atoms with van der Waals surface area (Å²) in [5.41, 5.74) is -0.0348. The van der Waals surface area contributed by atoms with Crippen LogP contribution in [0.25, 0.3) is 0 Å². The Labute approximate surface area is 123 Å². The van der Waals surface area contributed by atoms with Gasteiger partial charge in [-0.25, -0.2) is 14.4 Å². The number of nitriles is 1. The average Bonchev–Trinajstić information content (AvgIpc) is 2.44. The van der Waals surface area contributed by atoms with E-state index >= 15 is 0 Å². The molecule has 7 heteroatoms. The zero-order chi connectivity index (χ0) is 14.5. The highest BCUT2D eigenvalue weighted by Gasteiger charge is 2.11. The van der Waals surface area contributed by atoms with E-state index in [9.17, 15) is 4.39 Å². The van der Waals surface area contributed by atoms with Crippen molar-refractivity contribution in [3.05, 3.63) is 40.4 Å². The topological polar surface area (TPSA) is 70.8 Å². The summed E-state index contributed by atoms with van der Waals surface area (Å²) >= 11 is 3.33. The van der Waals surface area contributed by atoms with Gasteiger partial charge in [-0.15, -0.1) is 0 Å². The van der Waals surface area contributed by atoms with Crippen LogP contribution < -0.4 is 10.1 Å². The minimum atomic E-state index is -0.637. The Kier molecular flexibility index (Phi) is 4.48. The van der Waals surface area contributed by atoms with Crippen molar-refractivity contribution in [3.63, 3.8) is 0 Å². The molecule has 0 radical (unpaired) electrons. The van der Waals surface area contributed by atoms with Crippen molar-refractivity contribution < 1.29 is 9.13 Å². The third-order valence-electron chi connectivity index (χ3n) is 2.38. The number of hydrogen-bond acceptors (Lipinski definition) is 5. The molecule has 2 rings (SSSR count). The van der Waals surface area contributed by atoms with E-state index in [0.29, 0.717) is 16.8 Å².